The summed E-state index contributed by atoms with van der Waals surface area (Å²) in [6.45, 7) is 2.21. The van der Waals surface area contributed by atoms with Gasteiger partial charge in [0.1, 0.15) is 21.3 Å². The minimum Gasteiger partial charge on any atom is -0.492 e. The SMILES string of the molecule is Cc1c(Cl)c(OCCCS(C)(=O)=O)cc(OC2CC2)c1-c1cccc(CCl)c1. The van der Waals surface area contributed by atoms with Crippen LogP contribution in [0, 0.1) is 6.92 Å². The van der Waals surface area contributed by atoms with Gasteiger partial charge in [-0.25, -0.2) is 8.42 Å². The molecule has 152 valence electrons. The molecular weight excluding hydrogens is 419 g/mol. The molecule has 0 amide bonds. The Morgan fingerprint density at radius 1 is 1.18 bits per heavy atom. The molecule has 0 N–H and O–H groups in total. The van der Waals surface area contributed by atoms with Crippen molar-refractivity contribution in [3.8, 4) is 22.6 Å². The molecule has 7 heteroatoms. The molecule has 4 nitrogen and oxygen atoms in total. The summed E-state index contributed by atoms with van der Waals surface area (Å²) in [7, 11) is -3.01. The largest absolute Gasteiger partial charge is 0.492 e. The predicted octanol–water partition coefficient (Wildman–Crippen LogP) is 5.41. The summed E-state index contributed by atoms with van der Waals surface area (Å²) >= 11 is 12.6. The molecule has 0 bridgehead atoms. The van der Waals surface area contributed by atoms with Crippen molar-refractivity contribution in [2.24, 2.45) is 0 Å². The van der Waals surface area contributed by atoms with Crippen molar-refractivity contribution in [3.63, 3.8) is 0 Å². The fourth-order valence-electron chi connectivity index (χ4n) is 2.97. The quantitative estimate of drug-likeness (QED) is 0.384. The van der Waals surface area contributed by atoms with Gasteiger partial charge in [-0.1, -0.05) is 29.8 Å². The fourth-order valence-corrected chi connectivity index (χ4v) is 3.98. The van der Waals surface area contributed by atoms with Gasteiger partial charge in [-0.2, -0.15) is 0 Å². The molecule has 0 aromatic heterocycles. The van der Waals surface area contributed by atoms with E-state index in [0.29, 0.717) is 23.1 Å². The van der Waals surface area contributed by atoms with Crippen molar-refractivity contribution >= 4 is 33.0 Å². The number of alkyl halides is 1. The Labute approximate surface area is 176 Å². The van der Waals surface area contributed by atoms with Gasteiger partial charge in [0.15, 0.2) is 0 Å². The van der Waals surface area contributed by atoms with Crippen LogP contribution in [0.1, 0.15) is 30.4 Å². The van der Waals surface area contributed by atoms with Gasteiger partial charge in [0.25, 0.3) is 0 Å². The van der Waals surface area contributed by atoms with Crippen LogP contribution in [0.4, 0.5) is 0 Å². The second-order valence-corrected chi connectivity index (χ2v) is 10.1. The van der Waals surface area contributed by atoms with Crippen LogP contribution < -0.4 is 9.47 Å². The summed E-state index contributed by atoms with van der Waals surface area (Å²) < 4.78 is 34.5. The van der Waals surface area contributed by atoms with E-state index in [1.54, 1.807) is 0 Å². The molecule has 0 atom stereocenters. The highest BCUT2D eigenvalue weighted by molar-refractivity contribution is 7.90. The maximum atomic E-state index is 11.3. The molecule has 0 heterocycles. The zero-order valence-electron chi connectivity index (χ0n) is 16.0. The first-order chi connectivity index (χ1) is 13.3. The van der Waals surface area contributed by atoms with Crippen LogP contribution in [0.15, 0.2) is 30.3 Å². The average molecular weight is 443 g/mol. The van der Waals surface area contributed by atoms with Crippen LogP contribution in [0.5, 0.6) is 11.5 Å². The van der Waals surface area contributed by atoms with Crippen LogP contribution in [-0.4, -0.2) is 33.1 Å². The topological polar surface area (TPSA) is 52.6 Å². The Kier molecular flexibility index (Phi) is 6.79. The standard InChI is InChI=1S/C21H24Cl2O4S/c1-14-20(16-6-3-5-15(11-16)13-22)18(27-17-7-8-17)12-19(21(14)23)26-9-4-10-28(2,24)25/h3,5-6,11-12,17H,4,7-10,13H2,1-2H3. The van der Waals surface area contributed by atoms with Crippen LogP contribution >= 0.6 is 23.2 Å². The van der Waals surface area contributed by atoms with Gasteiger partial charge in [-0.15, -0.1) is 11.6 Å². The molecule has 1 saturated carbocycles. The number of ether oxygens (including phenoxy) is 2. The highest BCUT2D eigenvalue weighted by Gasteiger charge is 2.27. The molecule has 1 aliphatic carbocycles. The van der Waals surface area contributed by atoms with Crippen LogP contribution in [0.3, 0.4) is 0 Å². The number of hydrogen-bond acceptors (Lipinski definition) is 4. The van der Waals surface area contributed by atoms with E-state index in [9.17, 15) is 8.42 Å². The van der Waals surface area contributed by atoms with Crippen LogP contribution in [-0.2, 0) is 15.7 Å². The third-order valence-electron chi connectivity index (χ3n) is 4.53. The number of benzene rings is 2. The molecule has 2 aromatic rings. The molecule has 1 fully saturated rings. The summed E-state index contributed by atoms with van der Waals surface area (Å²) in [5.74, 6) is 1.76. The van der Waals surface area contributed by atoms with Crippen molar-refractivity contribution < 1.29 is 17.9 Å². The predicted molar refractivity (Wildman–Crippen MR) is 115 cm³/mol. The van der Waals surface area contributed by atoms with Crippen molar-refractivity contribution in [3.05, 3.63) is 46.5 Å². The summed E-state index contributed by atoms with van der Waals surface area (Å²) in [5.41, 5.74) is 3.82. The third kappa shape index (κ3) is 5.56. The second kappa shape index (κ2) is 8.93. The van der Waals surface area contributed by atoms with Gasteiger partial charge in [-0.3, -0.25) is 0 Å². The zero-order valence-corrected chi connectivity index (χ0v) is 18.3. The molecule has 0 aliphatic heterocycles. The maximum Gasteiger partial charge on any atom is 0.147 e. The number of sulfone groups is 1. The van der Waals surface area contributed by atoms with E-state index < -0.39 is 9.84 Å². The van der Waals surface area contributed by atoms with E-state index in [0.717, 1.165) is 40.8 Å². The first-order valence-electron chi connectivity index (χ1n) is 9.24. The number of hydrogen-bond donors (Lipinski definition) is 0. The highest BCUT2D eigenvalue weighted by Crippen LogP contribution is 2.44. The Bertz CT molecular complexity index is 953. The lowest BCUT2D eigenvalue weighted by Crippen LogP contribution is -2.09. The Morgan fingerprint density at radius 3 is 2.57 bits per heavy atom. The first kappa shape index (κ1) is 21.3. The lowest BCUT2D eigenvalue weighted by molar-refractivity contribution is 0.294. The van der Waals surface area contributed by atoms with Gasteiger partial charge < -0.3 is 9.47 Å². The number of halogens is 2. The maximum absolute atomic E-state index is 11.3. The van der Waals surface area contributed by atoms with Crippen molar-refractivity contribution in [2.45, 2.75) is 38.2 Å². The summed E-state index contributed by atoms with van der Waals surface area (Å²) in [6.07, 6.45) is 3.91. The fraction of sp³-hybridized carbons (Fsp3) is 0.429. The molecule has 28 heavy (non-hydrogen) atoms. The molecule has 0 unspecified atom stereocenters. The van der Waals surface area contributed by atoms with E-state index in [2.05, 4.69) is 0 Å². The normalized spacial score (nSPS) is 14.1. The summed E-state index contributed by atoms with van der Waals surface area (Å²) in [6, 6.07) is 9.82. The Balaban J connectivity index is 1.92. The molecule has 1 aliphatic rings. The van der Waals surface area contributed by atoms with E-state index in [1.807, 2.05) is 37.3 Å². The van der Waals surface area contributed by atoms with E-state index in [4.69, 9.17) is 32.7 Å². The molecule has 3 rings (SSSR count). The van der Waals surface area contributed by atoms with E-state index in [1.165, 1.54) is 6.26 Å². The monoisotopic (exact) mass is 442 g/mol. The first-order valence-corrected chi connectivity index (χ1v) is 12.2. The van der Waals surface area contributed by atoms with Gasteiger partial charge >= 0.3 is 0 Å². The minimum absolute atomic E-state index is 0.0817. The molecule has 0 saturated heterocycles. The molecule has 0 radical (unpaired) electrons. The Morgan fingerprint density at radius 2 is 1.93 bits per heavy atom. The van der Waals surface area contributed by atoms with Crippen molar-refractivity contribution in [2.75, 3.05) is 18.6 Å². The highest BCUT2D eigenvalue weighted by atomic mass is 35.5. The molecule has 2 aromatic carbocycles. The second-order valence-electron chi connectivity index (χ2n) is 7.17. The van der Waals surface area contributed by atoms with Gasteiger partial charge in [-0.05, 0) is 48.9 Å². The minimum atomic E-state index is -3.01. The number of rotatable bonds is 9. The average Bonchev–Trinajstić information content (AvgIpc) is 3.46. The lowest BCUT2D eigenvalue weighted by atomic mass is 9.97. The van der Waals surface area contributed by atoms with Gasteiger partial charge in [0.05, 0.1) is 23.5 Å². The zero-order chi connectivity index (χ0) is 20.3. The third-order valence-corrected chi connectivity index (χ3v) is 6.34. The van der Waals surface area contributed by atoms with E-state index >= 15 is 0 Å². The van der Waals surface area contributed by atoms with Gasteiger partial charge in [0.2, 0.25) is 0 Å². The summed E-state index contributed by atoms with van der Waals surface area (Å²) in [4.78, 5) is 0. The van der Waals surface area contributed by atoms with Crippen LogP contribution in [0.2, 0.25) is 5.02 Å². The van der Waals surface area contributed by atoms with E-state index in [-0.39, 0.29) is 18.5 Å². The van der Waals surface area contributed by atoms with Crippen LogP contribution in [0.25, 0.3) is 11.1 Å². The molecular formula is C21H24Cl2O4S. The van der Waals surface area contributed by atoms with Crippen molar-refractivity contribution in [1.82, 2.24) is 0 Å². The molecule has 0 spiro atoms. The van der Waals surface area contributed by atoms with Crippen molar-refractivity contribution in [1.29, 1.82) is 0 Å². The lowest BCUT2D eigenvalue weighted by Gasteiger charge is -2.19. The summed E-state index contributed by atoms with van der Waals surface area (Å²) in [5, 5.41) is 0.508. The smallest absolute Gasteiger partial charge is 0.147 e. The Hall–Kier alpha value is -1.43. The van der Waals surface area contributed by atoms with Gasteiger partial charge in [0, 0.05) is 23.8 Å².